The van der Waals surface area contributed by atoms with Gasteiger partial charge in [0.15, 0.2) is 11.5 Å². The highest BCUT2D eigenvalue weighted by atomic mass is 35.5. The summed E-state index contributed by atoms with van der Waals surface area (Å²) in [6, 6.07) is 12.7. The number of nitrogens with two attached hydrogens (primary N) is 1. The predicted molar refractivity (Wildman–Crippen MR) is 123 cm³/mol. The van der Waals surface area contributed by atoms with E-state index < -0.39 is 0 Å². The predicted octanol–water partition coefficient (Wildman–Crippen LogP) is 3.77. The zero-order valence-electron chi connectivity index (χ0n) is 17.1. The van der Waals surface area contributed by atoms with Gasteiger partial charge in [0.2, 0.25) is 0 Å². The van der Waals surface area contributed by atoms with Gasteiger partial charge in [-0.05, 0) is 42.9 Å². The number of nitrogens with zero attached hydrogens (tertiary/aromatic N) is 1. The minimum atomic E-state index is -0.202. The number of ether oxygens (including phenoxy) is 2. The molecule has 2 aromatic rings. The number of rotatable bonds is 10. The van der Waals surface area contributed by atoms with Crippen LogP contribution in [0.4, 0.5) is 5.69 Å². The number of amides is 1. The summed E-state index contributed by atoms with van der Waals surface area (Å²) in [5.74, 6) is 1.15. The summed E-state index contributed by atoms with van der Waals surface area (Å²) in [6.07, 6.45) is 0. The van der Waals surface area contributed by atoms with E-state index in [1.165, 1.54) is 0 Å². The minimum absolute atomic E-state index is 0. The summed E-state index contributed by atoms with van der Waals surface area (Å²) in [5.41, 5.74) is 7.70. The van der Waals surface area contributed by atoms with E-state index in [9.17, 15) is 4.79 Å². The molecule has 3 N–H and O–H groups in total. The topological polar surface area (TPSA) is 76.8 Å². The second-order valence-corrected chi connectivity index (χ2v) is 6.13. The van der Waals surface area contributed by atoms with Crippen LogP contribution in [0.15, 0.2) is 42.5 Å². The van der Waals surface area contributed by atoms with Gasteiger partial charge in [0.05, 0.1) is 12.7 Å². The summed E-state index contributed by atoms with van der Waals surface area (Å²) in [4.78, 5) is 14.6. The fraction of sp³-hybridized carbons (Fsp3) is 0.381. The van der Waals surface area contributed by atoms with Crippen LogP contribution in [-0.4, -0.2) is 44.2 Å². The average Bonchev–Trinajstić information content (AvgIpc) is 2.70. The molecule has 0 heterocycles. The van der Waals surface area contributed by atoms with Gasteiger partial charge in [-0.2, -0.15) is 0 Å². The van der Waals surface area contributed by atoms with Crippen LogP contribution in [0.1, 0.15) is 29.8 Å². The summed E-state index contributed by atoms with van der Waals surface area (Å²) in [5, 5.41) is 2.88. The lowest BCUT2D eigenvalue weighted by Gasteiger charge is -2.19. The first-order chi connectivity index (χ1) is 13.1. The van der Waals surface area contributed by atoms with Gasteiger partial charge >= 0.3 is 0 Å². The van der Waals surface area contributed by atoms with Crippen LogP contribution in [-0.2, 0) is 6.54 Å². The zero-order chi connectivity index (χ0) is 19.6. The van der Waals surface area contributed by atoms with Gasteiger partial charge in [-0.15, -0.1) is 24.8 Å². The van der Waals surface area contributed by atoms with E-state index >= 15 is 0 Å². The molecule has 1 amide bonds. The van der Waals surface area contributed by atoms with Gasteiger partial charge in [-0.25, -0.2) is 0 Å². The third-order valence-electron chi connectivity index (χ3n) is 4.45. The number of nitrogens with one attached hydrogen (secondary N) is 1. The quantitative estimate of drug-likeness (QED) is 0.546. The minimum Gasteiger partial charge on any atom is -0.493 e. The summed E-state index contributed by atoms with van der Waals surface area (Å²) < 4.78 is 11.3. The normalized spacial score (nSPS) is 9.93. The number of likely N-dealkylation sites (N-methyl/N-ethyl adjacent to an activating group) is 1. The molecule has 0 radical (unpaired) electrons. The first-order valence-electron chi connectivity index (χ1n) is 9.23. The SMILES string of the molecule is CCN(CC)CCOc1ccc(CNC(=O)c2ccccc2N)cc1OC.Cl.Cl. The van der Waals surface area contributed by atoms with E-state index in [1.54, 1.807) is 31.4 Å². The molecule has 0 aromatic heterocycles. The molecule has 0 spiro atoms. The molecule has 0 aliphatic heterocycles. The number of methoxy groups -OCH3 is 1. The molecule has 0 atom stereocenters. The molecule has 0 bridgehead atoms. The average molecular weight is 444 g/mol. The standard InChI is InChI=1S/C21H29N3O3.2ClH/c1-4-24(5-2)12-13-27-19-11-10-16(14-20(19)26-3)15-23-21(25)17-8-6-7-9-18(17)22;;/h6-11,14H,4-5,12-13,15,22H2,1-3H3,(H,23,25);2*1H. The van der Waals surface area contributed by atoms with Crippen LogP contribution in [0.5, 0.6) is 11.5 Å². The number of anilines is 1. The highest BCUT2D eigenvalue weighted by Gasteiger charge is 2.10. The van der Waals surface area contributed by atoms with E-state index in [-0.39, 0.29) is 30.7 Å². The second-order valence-electron chi connectivity index (χ2n) is 6.13. The van der Waals surface area contributed by atoms with Gasteiger partial charge in [-0.1, -0.05) is 32.0 Å². The fourth-order valence-corrected chi connectivity index (χ4v) is 2.75. The largest absolute Gasteiger partial charge is 0.493 e. The van der Waals surface area contributed by atoms with Crippen molar-refractivity contribution >= 4 is 36.4 Å². The van der Waals surface area contributed by atoms with Crippen LogP contribution in [0.3, 0.4) is 0 Å². The van der Waals surface area contributed by atoms with E-state index in [2.05, 4.69) is 24.1 Å². The molecule has 0 aliphatic carbocycles. The zero-order valence-corrected chi connectivity index (χ0v) is 18.8. The van der Waals surface area contributed by atoms with E-state index in [0.29, 0.717) is 35.9 Å². The van der Waals surface area contributed by atoms with Crippen LogP contribution < -0.4 is 20.5 Å². The van der Waals surface area contributed by atoms with Gasteiger partial charge in [-0.3, -0.25) is 4.79 Å². The first-order valence-corrected chi connectivity index (χ1v) is 9.23. The lowest BCUT2D eigenvalue weighted by atomic mass is 10.1. The number of benzene rings is 2. The lowest BCUT2D eigenvalue weighted by Crippen LogP contribution is -2.28. The highest BCUT2D eigenvalue weighted by Crippen LogP contribution is 2.28. The molecule has 0 unspecified atom stereocenters. The van der Waals surface area contributed by atoms with E-state index in [0.717, 1.165) is 25.2 Å². The van der Waals surface area contributed by atoms with Crippen LogP contribution in [0.25, 0.3) is 0 Å². The number of carbonyl (C=O) groups excluding carboxylic acids is 1. The van der Waals surface area contributed by atoms with Crippen molar-refractivity contribution in [2.75, 3.05) is 39.1 Å². The van der Waals surface area contributed by atoms with Crippen molar-refractivity contribution < 1.29 is 14.3 Å². The molecule has 0 fully saturated rings. The van der Waals surface area contributed by atoms with Crippen LogP contribution in [0.2, 0.25) is 0 Å². The molecule has 2 rings (SSSR count). The third-order valence-corrected chi connectivity index (χ3v) is 4.45. The fourth-order valence-electron chi connectivity index (χ4n) is 2.75. The number of carbonyl (C=O) groups is 1. The maximum absolute atomic E-state index is 12.3. The van der Waals surface area contributed by atoms with Crippen molar-refractivity contribution in [1.29, 1.82) is 0 Å². The van der Waals surface area contributed by atoms with Gasteiger partial charge < -0.3 is 25.4 Å². The molecule has 0 saturated carbocycles. The Labute approximate surface area is 185 Å². The maximum Gasteiger partial charge on any atom is 0.253 e. The number of halogens is 2. The molecule has 8 heteroatoms. The Kier molecular flexibility index (Phi) is 12.9. The summed E-state index contributed by atoms with van der Waals surface area (Å²) in [6.45, 7) is 8.12. The van der Waals surface area contributed by atoms with E-state index in [1.807, 2.05) is 18.2 Å². The van der Waals surface area contributed by atoms with Crippen molar-refractivity contribution in [3.63, 3.8) is 0 Å². The smallest absolute Gasteiger partial charge is 0.253 e. The molecule has 0 aliphatic rings. The second kappa shape index (κ2) is 13.9. The van der Waals surface area contributed by atoms with Crippen LogP contribution >= 0.6 is 24.8 Å². The molecule has 29 heavy (non-hydrogen) atoms. The number of hydrogen-bond acceptors (Lipinski definition) is 5. The molecular weight excluding hydrogens is 413 g/mol. The Morgan fingerprint density at radius 2 is 1.76 bits per heavy atom. The monoisotopic (exact) mass is 443 g/mol. The van der Waals surface area contributed by atoms with Crippen molar-refractivity contribution in [2.24, 2.45) is 0 Å². The number of nitrogen functional groups attached to an aromatic ring is 1. The third kappa shape index (κ3) is 8.01. The first kappa shape index (κ1) is 26.9. The molecular formula is C21H31Cl2N3O3. The molecule has 0 saturated heterocycles. The Balaban J connectivity index is 0.00000392. The summed E-state index contributed by atoms with van der Waals surface area (Å²) >= 11 is 0. The van der Waals surface area contributed by atoms with Crippen molar-refractivity contribution in [3.8, 4) is 11.5 Å². The van der Waals surface area contributed by atoms with E-state index in [4.69, 9.17) is 15.2 Å². The number of hydrogen-bond donors (Lipinski definition) is 2. The van der Waals surface area contributed by atoms with Crippen molar-refractivity contribution in [3.05, 3.63) is 53.6 Å². The Bertz CT molecular complexity index is 756. The lowest BCUT2D eigenvalue weighted by molar-refractivity contribution is 0.0951. The molecule has 162 valence electrons. The Morgan fingerprint density at radius 3 is 2.38 bits per heavy atom. The highest BCUT2D eigenvalue weighted by molar-refractivity contribution is 5.99. The molecule has 6 nitrogen and oxygen atoms in total. The van der Waals surface area contributed by atoms with Crippen LogP contribution in [0, 0.1) is 0 Å². The van der Waals surface area contributed by atoms with Crippen molar-refractivity contribution in [1.82, 2.24) is 10.2 Å². The Morgan fingerprint density at radius 1 is 1.07 bits per heavy atom. The Hall–Kier alpha value is -2.15. The maximum atomic E-state index is 12.3. The number of para-hydroxylation sites is 1. The van der Waals surface area contributed by atoms with Gasteiger partial charge in [0.1, 0.15) is 6.61 Å². The molecule has 2 aromatic carbocycles. The van der Waals surface area contributed by atoms with Gasteiger partial charge in [0.25, 0.3) is 5.91 Å². The van der Waals surface area contributed by atoms with Gasteiger partial charge in [0, 0.05) is 18.8 Å². The summed E-state index contributed by atoms with van der Waals surface area (Å²) in [7, 11) is 1.61. The van der Waals surface area contributed by atoms with Crippen molar-refractivity contribution in [2.45, 2.75) is 20.4 Å².